The highest BCUT2D eigenvalue weighted by atomic mass is 32.2. The number of nitrogens with one attached hydrogen (secondary N) is 1. The number of benzene rings is 1. The molecule has 0 fully saturated rings. The van der Waals surface area contributed by atoms with Gasteiger partial charge in [0.2, 0.25) is 10.0 Å². The van der Waals surface area contributed by atoms with Crippen molar-refractivity contribution in [1.82, 2.24) is 4.72 Å². The smallest absolute Gasteiger partial charge is 0.214 e. The lowest BCUT2D eigenvalue weighted by Gasteiger charge is -2.22. The molecule has 0 heterocycles. The Labute approximate surface area is 97.9 Å². The lowest BCUT2D eigenvalue weighted by molar-refractivity contribution is 0.580. The Balaban J connectivity index is 3.31. The zero-order valence-electron chi connectivity index (χ0n) is 10.5. The molecule has 0 spiro atoms. The van der Waals surface area contributed by atoms with Gasteiger partial charge >= 0.3 is 0 Å². The van der Waals surface area contributed by atoms with Crippen LogP contribution in [-0.4, -0.2) is 15.5 Å². The average molecular weight is 241 g/mol. The summed E-state index contributed by atoms with van der Waals surface area (Å²) in [5.41, 5.74) is 2.21. The van der Waals surface area contributed by atoms with Crippen LogP contribution in [0.15, 0.2) is 23.1 Å². The molecular weight excluding hydrogens is 222 g/mol. The fourth-order valence-electron chi connectivity index (χ4n) is 1.76. The van der Waals surface area contributed by atoms with E-state index in [1.807, 2.05) is 13.0 Å². The van der Waals surface area contributed by atoms with Crippen LogP contribution in [0.5, 0.6) is 0 Å². The molecule has 4 heteroatoms. The van der Waals surface area contributed by atoms with Crippen molar-refractivity contribution in [3.8, 4) is 0 Å². The molecule has 0 bridgehead atoms. The Morgan fingerprint density at radius 1 is 1.19 bits per heavy atom. The summed E-state index contributed by atoms with van der Waals surface area (Å²) in [6.45, 7) is 8.28. The van der Waals surface area contributed by atoms with Crippen LogP contribution < -0.4 is 4.72 Å². The van der Waals surface area contributed by atoms with Crippen molar-refractivity contribution >= 4 is 10.0 Å². The van der Waals surface area contributed by atoms with Crippen LogP contribution in [0.4, 0.5) is 0 Å². The van der Waals surface area contributed by atoms with E-state index >= 15 is 0 Å². The van der Waals surface area contributed by atoms with Gasteiger partial charge in [-0.05, 0) is 42.6 Å². The number of rotatable bonds is 2. The Kier molecular flexibility index (Phi) is 3.45. The third-order valence-corrected chi connectivity index (χ3v) is 4.00. The Bertz CT molecular complexity index is 484. The van der Waals surface area contributed by atoms with Gasteiger partial charge in [-0.3, -0.25) is 0 Å². The summed E-state index contributed by atoms with van der Waals surface area (Å²) in [4.78, 5) is 0.320. The van der Waals surface area contributed by atoms with Gasteiger partial charge in [0.15, 0.2) is 0 Å². The first kappa shape index (κ1) is 13.2. The van der Waals surface area contributed by atoms with E-state index < -0.39 is 10.0 Å². The van der Waals surface area contributed by atoms with Crippen molar-refractivity contribution in [2.75, 3.05) is 7.05 Å². The summed E-state index contributed by atoms with van der Waals surface area (Å²) in [5, 5.41) is 0. The summed E-state index contributed by atoms with van der Waals surface area (Å²) >= 11 is 0. The van der Waals surface area contributed by atoms with E-state index in [9.17, 15) is 8.42 Å². The van der Waals surface area contributed by atoms with E-state index in [1.54, 1.807) is 12.1 Å². The molecule has 0 saturated carbocycles. The maximum absolute atomic E-state index is 11.6. The van der Waals surface area contributed by atoms with Gasteiger partial charge < -0.3 is 0 Å². The van der Waals surface area contributed by atoms with E-state index in [2.05, 4.69) is 25.5 Å². The van der Waals surface area contributed by atoms with Crippen LogP contribution in [0.2, 0.25) is 0 Å². The summed E-state index contributed by atoms with van der Waals surface area (Å²) in [7, 11) is -1.91. The Morgan fingerprint density at radius 3 is 2.12 bits per heavy atom. The standard InChI is InChI=1S/C12H19NO2S/c1-9-8-10(16(14,15)13-5)6-7-11(9)12(2,3)4/h6-8,13H,1-5H3. The highest BCUT2D eigenvalue weighted by Gasteiger charge is 2.18. The molecule has 0 atom stereocenters. The first-order valence-electron chi connectivity index (χ1n) is 5.23. The maximum atomic E-state index is 11.6. The molecule has 1 rings (SSSR count). The predicted octanol–water partition coefficient (Wildman–Crippen LogP) is 2.20. The molecule has 0 amide bonds. The van der Waals surface area contributed by atoms with Gasteiger partial charge in [0.1, 0.15) is 0 Å². The topological polar surface area (TPSA) is 46.2 Å². The quantitative estimate of drug-likeness (QED) is 0.862. The van der Waals surface area contributed by atoms with E-state index in [-0.39, 0.29) is 5.41 Å². The minimum atomic E-state index is -3.33. The molecule has 1 aromatic rings. The monoisotopic (exact) mass is 241 g/mol. The highest BCUT2D eigenvalue weighted by Crippen LogP contribution is 2.27. The van der Waals surface area contributed by atoms with E-state index in [0.29, 0.717) is 4.90 Å². The summed E-state index contributed by atoms with van der Waals surface area (Å²) in [5.74, 6) is 0. The van der Waals surface area contributed by atoms with Crippen LogP contribution in [0, 0.1) is 6.92 Å². The number of hydrogen-bond donors (Lipinski definition) is 1. The van der Waals surface area contributed by atoms with Gasteiger partial charge in [-0.1, -0.05) is 26.8 Å². The van der Waals surface area contributed by atoms with Gasteiger partial charge in [-0.15, -0.1) is 0 Å². The summed E-state index contributed by atoms with van der Waals surface area (Å²) in [6, 6.07) is 5.26. The van der Waals surface area contributed by atoms with Crippen LogP contribution in [0.3, 0.4) is 0 Å². The Hall–Kier alpha value is -0.870. The number of hydrogen-bond acceptors (Lipinski definition) is 2. The van der Waals surface area contributed by atoms with E-state index in [0.717, 1.165) is 5.56 Å². The van der Waals surface area contributed by atoms with Gasteiger partial charge in [0.05, 0.1) is 4.90 Å². The second kappa shape index (κ2) is 4.18. The van der Waals surface area contributed by atoms with Gasteiger partial charge in [-0.25, -0.2) is 13.1 Å². The van der Waals surface area contributed by atoms with Crippen LogP contribution in [-0.2, 0) is 15.4 Å². The van der Waals surface area contributed by atoms with Crippen LogP contribution in [0.25, 0.3) is 0 Å². The van der Waals surface area contributed by atoms with Crippen molar-refractivity contribution in [2.24, 2.45) is 0 Å². The first-order chi connectivity index (χ1) is 7.18. The van der Waals surface area contributed by atoms with Crippen LogP contribution in [0.1, 0.15) is 31.9 Å². The largest absolute Gasteiger partial charge is 0.240 e. The molecule has 0 aliphatic rings. The molecule has 0 aliphatic carbocycles. The van der Waals surface area contributed by atoms with Crippen molar-refractivity contribution in [3.63, 3.8) is 0 Å². The van der Waals surface area contributed by atoms with Gasteiger partial charge in [0, 0.05) is 0 Å². The predicted molar refractivity (Wildman–Crippen MR) is 66.1 cm³/mol. The number of aryl methyl sites for hydroxylation is 1. The SMILES string of the molecule is CNS(=O)(=O)c1ccc(C(C)(C)C)c(C)c1. The molecule has 3 nitrogen and oxygen atoms in total. The van der Waals surface area contributed by atoms with Crippen molar-refractivity contribution < 1.29 is 8.42 Å². The highest BCUT2D eigenvalue weighted by molar-refractivity contribution is 7.89. The molecule has 0 saturated heterocycles. The molecule has 0 aliphatic heterocycles. The first-order valence-corrected chi connectivity index (χ1v) is 6.71. The molecule has 1 aromatic carbocycles. The molecule has 16 heavy (non-hydrogen) atoms. The number of sulfonamides is 1. The molecule has 0 unspecified atom stereocenters. The van der Waals surface area contributed by atoms with E-state index in [1.165, 1.54) is 12.6 Å². The summed E-state index contributed by atoms with van der Waals surface area (Å²) < 4.78 is 25.5. The molecular formula is C12H19NO2S. The van der Waals surface area contributed by atoms with Gasteiger partial charge in [0.25, 0.3) is 0 Å². The van der Waals surface area contributed by atoms with Gasteiger partial charge in [-0.2, -0.15) is 0 Å². The van der Waals surface area contributed by atoms with Crippen molar-refractivity contribution in [2.45, 2.75) is 38.0 Å². The third-order valence-electron chi connectivity index (χ3n) is 2.58. The molecule has 90 valence electrons. The summed E-state index contributed by atoms with van der Waals surface area (Å²) in [6.07, 6.45) is 0. The fraction of sp³-hybridized carbons (Fsp3) is 0.500. The molecule has 1 N–H and O–H groups in total. The normalized spacial score (nSPS) is 12.8. The third kappa shape index (κ3) is 2.62. The Morgan fingerprint density at radius 2 is 1.75 bits per heavy atom. The lowest BCUT2D eigenvalue weighted by Crippen LogP contribution is -2.20. The zero-order chi connectivity index (χ0) is 12.6. The lowest BCUT2D eigenvalue weighted by atomic mass is 9.84. The molecule has 0 radical (unpaired) electrons. The fourth-order valence-corrected chi connectivity index (χ4v) is 2.58. The minimum Gasteiger partial charge on any atom is -0.214 e. The zero-order valence-corrected chi connectivity index (χ0v) is 11.3. The maximum Gasteiger partial charge on any atom is 0.240 e. The van der Waals surface area contributed by atoms with Crippen LogP contribution >= 0.6 is 0 Å². The van der Waals surface area contributed by atoms with Crippen molar-refractivity contribution in [3.05, 3.63) is 29.3 Å². The average Bonchev–Trinajstić information content (AvgIpc) is 2.15. The second-order valence-corrected chi connectivity index (χ2v) is 6.82. The van der Waals surface area contributed by atoms with Crippen molar-refractivity contribution in [1.29, 1.82) is 0 Å². The second-order valence-electron chi connectivity index (χ2n) is 4.93. The molecule has 0 aromatic heterocycles. The van der Waals surface area contributed by atoms with E-state index in [4.69, 9.17) is 0 Å². The minimum absolute atomic E-state index is 0.0337.